The van der Waals surface area contributed by atoms with E-state index in [1.54, 1.807) is 6.92 Å². The zero-order valence-corrected chi connectivity index (χ0v) is 43.1. The van der Waals surface area contributed by atoms with Gasteiger partial charge in [-0.15, -0.1) is 0 Å². The summed E-state index contributed by atoms with van der Waals surface area (Å²) >= 11 is 1.30. The van der Waals surface area contributed by atoms with E-state index in [0.29, 0.717) is 6.42 Å². The summed E-state index contributed by atoms with van der Waals surface area (Å²) in [6, 6.07) is 23.4. The van der Waals surface area contributed by atoms with E-state index in [2.05, 4.69) is 203 Å². The quantitative estimate of drug-likeness (QED) is 0.105. The van der Waals surface area contributed by atoms with E-state index in [9.17, 15) is 4.79 Å². The Bertz CT molecular complexity index is 2130. The molecule has 0 heterocycles. The van der Waals surface area contributed by atoms with Crippen LogP contribution in [0.25, 0.3) is 0 Å². The number of carbonyl (C=O) groups is 1. The van der Waals surface area contributed by atoms with E-state index in [-0.39, 0.29) is 48.7 Å². The molecule has 0 bridgehead atoms. The molecule has 0 amide bonds. The molecule has 63 heavy (non-hydrogen) atoms. The summed E-state index contributed by atoms with van der Waals surface area (Å²) in [4.78, 5) is 11.3. The van der Waals surface area contributed by atoms with Crippen molar-refractivity contribution in [2.45, 2.75) is 189 Å². The highest BCUT2D eigenvalue weighted by atomic mass is 32.2. The Morgan fingerprint density at radius 3 is 1.05 bits per heavy atom. The van der Waals surface area contributed by atoms with Gasteiger partial charge in [0.15, 0.2) is 5.12 Å². The molecule has 1 nitrogen and oxygen atoms in total. The van der Waals surface area contributed by atoms with Crippen LogP contribution in [0.5, 0.6) is 0 Å². The predicted molar refractivity (Wildman–Crippen MR) is 269 cm³/mol. The fourth-order valence-electron chi connectivity index (χ4n) is 7.46. The fraction of sp³-hybridized carbons (Fsp3) is 0.508. The number of halogens is 2. The van der Waals surface area contributed by atoms with Crippen molar-refractivity contribution in [1.82, 2.24) is 0 Å². The number of hydrogen-bond donors (Lipinski definition) is 0. The van der Waals surface area contributed by atoms with E-state index < -0.39 is 17.0 Å². The van der Waals surface area contributed by atoms with Crippen molar-refractivity contribution in [1.29, 1.82) is 0 Å². The lowest BCUT2D eigenvalue weighted by atomic mass is 9.64. The van der Waals surface area contributed by atoms with Gasteiger partial charge in [-0.1, -0.05) is 215 Å². The van der Waals surface area contributed by atoms with E-state index in [1.807, 2.05) is 0 Å². The molecule has 0 N–H and O–H groups in total. The van der Waals surface area contributed by atoms with Gasteiger partial charge in [0.05, 0.1) is 5.56 Å². The van der Waals surface area contributed by atoms with Crippen LogP contribution >= 0.6 is 11.8 Å². The maximum atomic E-state index is 16.5. The molecule has 0 aliphatic heterocycles. The Morgan fingerprint density at radius 2 is 0.762 bits per heavy atom. The molecule has 338 valence electrons. The van der Waals surface area contributed by atoms with Gasteiger partial charge in [0.2, 0.25) is 0 Å². The molecule has 0 unspecified atom stereocenters. The second-order valence-corrected chi connectivity index (χ2v) is 25.1. The average molecular weight is 871 g/mol. The van der Waals surface area contributed by atoms with Crippen molar-refractivity contribution in [3.05, 3.63) is 140 Å². The third-order valence-corrected chi connectivity index (χ3v) is 12.8. The number of unbranched alkanes of at least 4 members (excludes halogenated alkanes) is 2. The molecule has 4 aromatic carbocycles. The number of benzene rings is 4. The summed E-state index contributed by atoms with van der Waals surface area (Å²) in [6.45, 7) is 41.9. The molecule has 0 aliphatic rings. The van der Waals surface area contributed by atoms with Crippen LogP contribution in [-0.4, -0.2) is 10.9 Å². The first-order chi connectivity index (χ1) is 28.6. The highest BCUT2D eigenvalue weighted by molar-refractivity contribution is 8.13. The molecule has 0 radical (unpaired) electrons. The highest BCUT2D eigenvalue weighted by Gasteiger charge is 2.40. The van der Waals surface area contributed by atoms with Crippen LogP contribution in [0.15, 0.2) is 66.7 Å². The van der Waals surface area contributed by atoms with Crippen molar-refractivity contribution in [2.24, 2.45) is 0 Å². The number of hydrogen-bond acceptors (Lipinski definition) is 2. The summed E-state index contributed by atoms with van der Waals surface area (Å²) < 4.78 is 33.0. The van der Waals surface area contributed by atoms with Gasteiger partial charge < -0.3 is 0 Å². The standard InChI is InChI=1S/C59H76F2OS/c1-39(62)63-27-23-21-20-22-24-40-28-51(60)50(52(61)29-40)25-26-59(47-33-41(53(2,3)4)30-42(34-47)54(5,6)7,48-35-43(55(8,9)10)31-44(36-48)56(11,12)13)49-37-45(57(14,15)16)32-46(38-49)58(17,18)19/h28-38H,20-21,23,27H2,1-19H3. The molecule has 0 saturated carbocycles. The van der Waals surface area contributed by atoms with Crippen LogP contribution in [0, 0.1) is 35.3 Å². The third-order valence-electron chi connectivity index (χ3n) is 11.9. The molecule has 4 rings (SSSR count). The molecule has 0 saturated heterocycles. The first-order valence-electron chi connectivity index (χ1n) is 22.8. The fourth-order valence-corrected chi connectivity index (χ4v) is 8.10. The predicted octanol–water partition coefficient (Wildman–Crippen LogP) is 15.9. The summed E-state index contributed by atoms with van der Waals surface area (Å²) in [7, 11) is 0. The molecular weight excluding hydrogens is 795 g/mol. The molecule has 4 heteroatoms. The van der Waals surface area contributed by atoms with Gasteiger partial charge in [0.1, 0.15) is 17.0 Å². The molecular formula is C59H76F2OS. The molecule has 0 aliphatic carbocycles. The summed E-state index contributed by atoms with van der Waals surface area (Å²) in [5.74, 6) is 12.3. The Hall–Kier alpha value is -4.12. The minimum atomic E-state index is -1.19. The second-order valence-electron chi connectivity index (χ2n) is 23.8. The number of rotatable bonds is 7. The van der Waals surface area contributed by atoms with Gasteiger partial charge in [0, 0.05) is 24.7 Å². The third kappa shape index (κ3) is 13.0. The second kappa shape index (κ2) is 18.8. The minimum absolute atomic E-state index is 0.0988. The van der Waals surface area contributed by atoms with Crippen LogP contribution in [0.3, 0.4) is 0 Å². The lowest BCUT2D eigenvalue weighted by molar-refractivity contribution is -0.109. The topological polar surface area (TPSA) is 17.1 Å². The van der Waals surface area contributed by atoms with Crippen LogP contribution in [0.2, 0.25) is 0 Å². The maximum Gasteiger partial charge on any atom is 0.185 e. The monoisotopic (exact) mass is 871 g/mol. The largest absolute Gasteiger partial charge is 0.288 e. The lowest BCUT2D eigenvalue weighted by Crippen LogP contribution is -2.32. The van der Waals surface area contributed by atoms with Crippen LogP contribution in [0.4, 0.5) is 8.78 Å². The number of carbonyl (C=O) groups excluding carboxylic acids is 1. The van der Waals surface area contributed by atoms with Gasteiger partial charge in [-0.3, -0.25) is 4.79 Å². The summed E-state index contributed by atoms with van der Waals surface area (Å²) in [6.07, 6.45) is 2.22. The number of thioether (sulfide) groups is 1. The van der Waals surface area contributed by atoms with Crippen LogP contribution < -0.4 is 0 Å². The molecule has 0 atom stereocenters. The minimum Gasteiger partial charge on any atom is -0.288 e. The van der Waals surface area contributed by atoms with Gasteiger partial charge in [-0.2, -0.15) is 0 Å². The first kappa shape index (κ1) is 51.5. The van der Waals surface area contributed by atoms with Gasteiger partial charge >= 0.3 is 0 Å². The van der Waals surface area contributed by atoms with Gasteiger partial charge in [-0.25, -0.2) is 8.78 Å². The van der Waals surface area contributed by atoms with E-state index in [0.717, 1.165) is 35.3 Å². The van der Waals surface area contributed by atoms with Crippen molar-refractivity contribution in [3.8, 4) is 23.7 Å². The lowest BCUT2D eigenvalue weighted by Gasteiger charge is -2.38. The zero-order chi connectivity index (χ0) is 47.7. The summed E-state index contributed by atoms with van der Waals surface area (Å²) in [5, 5.41) is 0.0988. The first-order valence-corrected chi connectivity index (χ1v) is 23.8. The van der Waals surface area contributed by atoms with Crippen molar-refractivity contribution in [3.63, 3.8) is 0 Å². The van der Waals surface area contributed by atoms with Crippen LogP contribution in [-0.2, 0) is 42.7 Å². The SMILES string of the molecule is CC(=O)SCCCCC#Cc1cc(F)c(C#CC(c2cc(C(C)(C)C)cc(C(C)(C)C)c2)(c2cc(C(C)(C)C)cc(C(C)(C)C)c2)c2cc(C(C)(C)C)cc(C(C)(C)C)c2)c(F)c1. The molecule has 0 aromatic heterocycles. The van der Waals surface area contributed by atoms with Crippen molar-refractivity contribution >= 4 is 16.9 Å². The average Bonchev–Trinajstić information content (AvgIpc) is 3.13. The highest BCUT2D eigenvalue weighted by Crippen LogP contribution is 2.47. The maximum absolute atomic E-state index is 16.5. The van der Waals surface area contributed by atoms with Crippen molar-refractivity contribution in [2.75, 3.05) is 5.75 Å². The molecule has 4 aromatic rings. The zero-order valence-electron chi connectivity index (χ0n) is 42.3. The Labute approximate surface area is 386 Å². The Balaban J connectivity index is 2.29. The Morgan fingerprint density at radius 1 is 0.460 bits per heavy atom. The molecule has 0 fully saturated rings. The molecule has 0 spiro atoms. The summed E-state index contributed by atoms with van der Waals surface area (Å²) in [5.41, 5.74) is 7.40. The smallest absolute Gasteiger partial charge is 0.185 e. The van der Waals surface area contributed by atoms with Crippen LogP contribution in [0.1, 0.15) is 212 Å². The van der Waals surface area contributed by atoms with E-state index >= 15 is 8.78 Å². The van der Waals surface area contributed by atoms with Crippen molar-refractivity contribution < 1.29 is 13.6 Å². The van der Waals surface area contributed by atoms with E-state index in [4.69, 9.17) is 0 Å². The Kier molecular flexibility index (Phi) is 15.3. The van der Waals surface area contributed by atoms with Gasteiger partial charge in [0.25, 0.3) is 0 Å². The van der Waals surface area contributed by atoms with E-state index in [1.165, 1.54) is 57.3 Å². The van der Waals surface area contributed by atoms with Gasteiger partial charge in [-0.05, 0) is 108 Å². The normalized spacial score (nSPS) is 13.0.